The van der Waals surface area contributed by atoms with Gasteiger partial charge in [0.25, 0.3) is 0 Å². The Morgan fingerprint density at radius 2 is 2.14 bits per heavy atom. The molecule has 2 heteroatoms. The molecule has 0 aliphatic heterocycles. The summed E-state index contributed by atoms with van der Waals surface area (Å²) in [5.41, 5.74) is 2.67. The molecule has 0 saturated carbocycles. The van der Waals surface area contributed by atoms with Crippen LogP contribution in [0.3, 0.4) is 0 Å². The molecular weight excluding hydrogens is 238 g/mol. The Balaban J connectivity index is 2.45. The minimum Gasteiger partial charge on any atom is -0.313 e. The summed E-state index contributed by atoms with van der Waals surface area (Å²) in [4.78, 5) is 0. The van der Waals surface area contributed by atoms with Crippen LogP contribution in [0.1, 0.15) is 30.9 Å². The predicted octanol–water partition coefficient (Wildman–Crippen LogP) is 3.65. The fraction of sp³-hybridized carbons (Fsp3) is 0.500. The molecule has 0 heterocycles. The first-order chi connectivity index (χ1) is 6.74. The van der Waals surface area contributed by atoms with Crippen molar-refractivity contribution in [3.05, 3.63) is 33.8 Å². The number of benzene rings is 1. The van der Waals surface area contributed by atoms with Crippen LogP contribution in [0, 0.1) is 6.92 Å². The third-order valence-electron chi connectivity index (χ3n) is 2.22. The monoisotopic (exact) mass is 255 g/mol. The van der Waals surface area contributed by atoms with Gasteiger partial charge < -0.3 is 5.32 Å². The topological polar surface area (TPSA) is 12.0 Å². The molecule has 0 unspecified atom stereocenters. The summed E-state index contributed by atoms with van der Waals surface area (Å²) >= 11 is 3.56. The van der Waals surface area contributed by atoms with Gasteiger partial charge in [0.1, 0.15) is 0 Å². The van der Waals surface area contributed by atoms with Crippen molar-refractivity contribution >= 4 is 15.9 Å². The van der Waals surface area contributed by atoms with Crippen molar-refractivity contribution in [1.82, 2.24) is 5.32 Å². The Morgan fingerprint density at radius 1 is 1.36 bits per heavy atom. The van der Waals surface area contributed by atoms with Gasteiger partial charge in [-0.05, 0) is 31.5 Å². The van der Waals surface area contributed by atoms with Crippen molar-refractivity contribution < 1.29 is 0 Å². The second-order valence-electron chi connectivity index (χ2n) is 3.63. The number of halogens is 1. The van der Waals surface area contributed by atoms with Gasteiger partial charge in [-0.2, -0.15) is 0 Å². The third-order valence-corrected chi connectivity index (χ3v) is 3.00. The smallest absolute Gasteiger partial charge is 0.0220 e. The SMILES string of the molecule is CCCCNCc1cc(C)ccc1Br. The van der Waals surface area contributed by atoms with Crippen LogP contribution in [0.25, 0.3) is 0 Å². The highest BCUT2D eigenvalue weighted by Gasteiger charge is 1.98. The van der Waals surface area contributed by atoms with Gasteiger partial charge in [-0.3, -0.25) is 0 Å². The average Bonchev–Trinajstić information content (AvgIpc) is 2.18. The Kier molecular flexibility index (Phi) is 5.20. The predicted molar refractivity (Wildman–Crippen MR) is 65.5 cm³/mol. The fourth-order valence-electron chi connectivity index (χ4n) is 1.36. The molecule has 1 N–H and O–H groups in total. The first kappa shape index (κ1) is 11.7. The molecule has 0 saturated heterocycles. The van der Waals surface area contributed by atoms with Crippen molar-refractivity contribution in [3.8, 4) is 0 Å². The molecule has 0 fully saturated rings. The minimum absolute atomic E-state index is 0.961. The van der Waals surface area contributed by atoms with Crippen LogP contribution in [0.5, 0.6) is 0 Å². The van der Waals surface area contributed by atoms with Gasteiger partial charge >= 0.3 is 0 Å². The summed E-state index contributed by atoms with van der Waals surface area (Å²) < 4.78 is 1.20. The van der Waals surface area contributed by atoms with Crippen LogP contribution in [-0.2, 0) is 6.54 Å². The van der Waals surface area contributed by atoms with Crippen molar-refractivity contribution in [2.24, 2.45) is 0 Å². The molecule has 0 aromatic heterocycles. The largest absolute Gasteiger partial charge is 0.313 e. The van der Waals surface area contributed by atoms with E-state index in [1.807, 2.05) is 0 Å². The van der Waals surface area contributed by atoms with Crippen LogP contribution in [0.4, 0.5) is 0 Å². The molecule has 1 nitrogen and oxygen atoms in total. The van der Waals surface area contributed by atoms with E-state index >= 15 is 0 Å². The number of rotatable bonds is 5. The maximum absolute atomic E-state index is 3.56. The number of hydrogen-bond acceptors (Lipinski definition) is 1. The van der Waals surface area contributed by atoms with E-state index in [4.69, 9.17) is 0 Å². The summed E-state index contributed by atoms with van der Waals surface area (Å²) in [7, 11) is 0. The molecule has 78 valence electrons. The van der Waals surface area contributed by atoms with Crippen LogP contribution in [0.15, 0.2) is 22.7 Å². The third kappa shape index (κ3) is 3.81. The number of nitrogens with one attached hydrogen (secondary N) is 1. The molecular formula is C12H18BrN. The van der Waals surface area contributed by atoms with Gasteiger partial charge in [0.05, 0.1) is 0 Å². The van der Waals surface area contributed by atoms with E-state index in [-0.39, 0.29) is 0 Å². The lowest BCUT2D eigenvalue weighted by Gasteiger charge is -2.07. The number of aryl methyl sites for hydroxylation is 1. The standard InChI is InChI=1S/C12H18BrN/c1-3-4-7-14-9-11-8-10(2)5-6-12(11)13/h5-6,8,14H,3-4,7,9H2,1-2H3. The van der Waals surface area contributed by atoms with Crippen LogP contribution >= 0.6 is 15.9 Å². The van der Waals surface area contributed by atoms with Gasteiger partial charge in [0, 0.05) is 11.0 Å². The van der Waals surface area contributed by atoms with Gasteiger partial charge in [0.15, 0.2) is 0 Å². The molecule has 0 amide bonds. The summed E-state index contributed by atoms with van der Waals surface area (Å²) in [5.74, 6) is 0. The lowest BCUT2D eigenvalue weighted by Crippen LogP contribution is -2.14. The van der Waals surface area contributed by atoms with Crippen molar-refractivity contribution in [3.63, 3.8) is 0 Å². The van der Waals surface area contributed by atoms with E-state index in [9.17, 15) is 0 Å². The van der Waals surface area contributed by atoms with Crippen molar-refractivity contribution in [2.75, 3.05) is 6.54 Å². The highest BCUT2D eigenvalue weighted by Crippen LogP contribution is 2.17. The second-order valence-corrected chi connectivity index (χ2v) is 4.48. The first-order valence-electron chi connectivity index (χ1n) is 5.19. The van der Waals surface area contributed by atoms with Gasteiger partial charge in [-0.1, -0.05) is 47.0 Å². The maximum atomic E-state index is 3.56. The Morgan fingerprint density at radius 3 is 2.86 bits per heavy atom. The van der Waals surface area contributed by atoms with Crippen LogP contribution in [-0.4, -0.2) is 6.54 Å². The number of hydrogen-bond donors (Lipinski definition) is 1. The molecule has 1 aromatic carbocycles. The van der Waals surface area contributed by atoms with E-state index in [1.165, 1.54) is 28.4 Å². The molecule has 1 aromatic rings. The van der Waals surface area contributed by atoms with E-state index < -0.39 is 0 Å². The van der Waals surface area contributed by atoms with E-state index in [0.29, 0.717) is 0 Å². The summed E-state index contributed by atoms with van der Waals surface area (Å²) in [6, 6.07) is 6.47. The maximum Gasteiger partial charge on any atom is 0.0220 e. The van der Waals surface area contributed by atoms with Crippen molar-refractivity contribution in [1.29, 1.82) is 0 Å². The zero-order valence-electron chi connectivity index (χ0n) is 8.94. The van der Waals surface area contributed by atoms with Gasteiger partial charge in [-0.25, -0.2) is 0 Å². The van der Waals surface area contributed by atoms with E-state index in [0.717, 1.165) is 13.1 Å². The molecule has 0 radical (unpaired) electrons. The summed E-state index contributed by atoms with van der Waals surface area (Å²) in [6.45, 7) is 6.41. The quantitative estimate of drug-likeness (QED) is 0.793. The average molecular weight is 256 g/mol. The summed E-state index contributed by atoms with van der Waals surface area (Å²) in [6.07, 6.45) is 2.51. The molecule has 0 aliphatic rings. The van der Waals surface area contributed by atoms with E-state index in [2.05, 4.69) is 53.3 Å². The minimum atomic E-state index is 0.961. The van der Waals surface area contributed by atoms with Crippen molar-refractivity contribution in [2.45, 2.75) is 33.2 Å². The lowest BCUT2D eigenvalue weighted by molar-refractivity contribution is 0.640. The Hall–Kier alpha value is -0.340. The zero-order valence-corrected chi connectivity index (χ0v) is 10.5. The van der Waals surface area contributed by atoms with Gasteiger partial charge in [-0.15, -0.1) is 0 Å². The first-order valence-corrected chi connectivity index (χ1v) is 5.99. The number of unbranched alkanes of at least 4 members (excludes halogenated alkanes) is 1. The summed E-state index contributed by atoms with van der Waals surface area (Å²) in [5, 5.41) is 3.44. The molecule has 0 spiro atoms. The Bertz CT molecular complexity index is 284. The highest BCUT2D eigenvalue weighted by molar-refractivity contribution is 9.10. The van der Waals surface area contributed by atoms with E-state index in [1.54, 1.807) is 0 Å². The second kappa shape index (κ2) is 6.20. The molecule has 14 heavy (non-hydrogen) atoms. The molecule has 0 atom stereocenters. The van der Waals surface area contributed by atoms with Crippen LogP contribution in [0.2, 0.25) is 0 Å². The lowest BCUT2D eigenvalue weighted by atomic mass is 10.1. The van der Waals surface area contributed by atoms with Crippen LogP contribution < -0.4 is 5.32 Å². The fourth-order valence-corrected chi connectivity index (χ4v) is 1.75. The normalized spacial score (nSPS) is 10.5. The van der Waals surface area contributed by atoms with Gasteiger partial charge in [0.2, 0.25) is 0 Å². The zero-order chi connectivity index (χ0) is 10.4. The highest BCUT2D eigenvalue weighted by atomic mass is 79.9. The Labute approximate surface area is 95.0 Å². The molecule has 1 rings (SSSR count). The molecule has 0 aliphatic carbocycles. The molecule has 0 bridgehead atoms.